The van der Waals surface area contributed by atoms with E-state index in [0.29, 0.717) is 56.6 Å². The summed E-state index contributed by atoms with van der Waals surface area (Å²) in [5.41, 5.74) is 1.95. The summed E-state index contributed by atoms with van der Waals surface area (Å²) in [6.45, 7) is 1.77. The van der Waals surface area contributed by atoms with Crippen LogP contribution in [0.25, 0.3) is 33.7 Å². The zero-order valence-electron chi connectivity index (χ0n) is 30.5. The lowest BCUT2D eigenvalue weighted by Crippen LogP contribution is -2.39. The number of unbranched alkanes of at least 4 members (excludes halogenated alkanes) is 1. The Balaban J connectivity index is 1.22. The molecule has 286 valence electrons. The molecule has 3 aromatic heterocycles. The number of imidazole rings is 1. The molecule has 0 amide bonds. The molecule has 0 bridgehead atoms. The molecule has 0 aliphatic heterocycles. The second kappa shape index (κ2) is 15.3. The summed E-state index contributed by atoms with van der Waals surface area (Å²) >= 11 is 3.74. The van der Waals surface area contributed by atoms with Crippen molar-refractivity contribution in [1.82, 2.24) is 29.8 Å². The first-order chi connectivity index (χ1) is 27.6. The third-order valence-electron chi connectivity index (χ3n) is 10.0. The highest BCUT2D eigenvalue weighted by molar-refractivity contribution is 9.10. The molecule has 0 unspecified atom stereocenters. The van der Waals surface area contributed by atoms with Gasteiger partial charge in [-0.15, -0.1) is 15.0 Å². The van der Waals surface area contributed by atoms with Gasteiger partial charge in [0.25, 0.3) is 0 Å². The van der Waals surface area contributed by atoms with Gasteiger partial charge in [0, 0.05) is 29.5 Å². The largest absolute Gasteiger partial charge is 0.477 e. The van der Waals surface area contributed by atoms with Crippen LogP contribution < -0.4 is 0 Å². The predicted octanol–water partition coefficient (Wildman–Crippen LogP) is 10.7. The molecule has 0 aliphatic carbocycles. The third-order valence-corrected chi connectivity index (χ3v) is 10.8. The number of aromatic carboxylic acids is 1. The van der Waals surface area contributed by atoms with Crippen LogP contribution in [0.4, 0.5) is 13.2 Å². The number of carboxylic acid groups (broad SMARTS) is 1. The van der Waals surface area contributed by atoms with Gasteiger partial charge in [0.15, 0.2) is 16.9 Å². The molecule has 5 aromatic carbocycles. The van der Waals surface area contributed by atoms with Crippen LogP contribution >= 0.6 is 15.9 Å². The predicted molar refractivity (Wildman–Crippen MR) is 213 cm³/mol. The fourth-order valence-electron chi connectivity index (χ4n) is 7.40. The molecule has 9 nitrogen and oxygen atoms in total. The van der Waals surface area contributed by atoms with E-state index < -0.39 is 29.1 Å². The van der Waals surface area contributed by atoms with Crippen molar-refractivity contribution >= 4 is 32.9 Å². The molecule has 0 aliphatic rings. The van der Waals surface area contributed by atoms with Crippen molar-refractivity contribution in [3.8, 4) is 22.7 Å². The van der Waals surface area contributed by atoms with Crippen molar-refractivity contribution in [1.29, 1.82) is 0 Å². The molecular weight excluding hydrogens is 797 g/mol. The highest BCUT2D eigenvalue weighted by Gasteiger charge is 2.42. The van der Waals surface area contributed by atoms with Gasteiger partial charge in [-0.1, -0.05) is 135 Å². The Morgan fingerprint density at radius 3 is 1.95 bits per heavy atom. The Morgan fingerprint density at radius 1 is 0.807 bits per heavy atom. The van der Waals surface area contributed by atoms with Gasteiger partial charge in [-0.3, -0.25) is 0 Å². The molecule has 0 fully saturated rings. The molecule has 0 atom stereocenters. The van der Waals surface area contributed by atoms with Gasteiger partial charge in [0.05, 0.1) is 4.47 Å². The van der Waals surface area contributed by atoms with Gasteiger partial charge in [-0.2, -0.15) is 13.2 Å². The van der Waals surface area contributed by atoms with Crippen molar-refractivity contribution in [3.63, 3.8) is 0 Å². The first kappa shape index (κ1) is 37.6. The van der Waals surface area contributed by atoms with Crippen LogP contribution in [0, 0.1) is 0 Å². The number of furan rings is 1. The van der Waals surface area contributed by atoms with Crippen LogP contribution in [0.5, 0.6) is 0 Å². The number of alkyl halides is 3. The lowest BCUT2D eigenvalue weighted by atomic mass is 9.77. The smallest absolute Gasteiger partial charge is 0.435 e. The number of tetrazole rings is 1. The van der Waals surface area contributed by atoms with E-state index in [1.54, 1.807) is 23.0 Å². The molecule has 0 saturated carbocycles. The first-order valence-corrected chi connectivity index (χ1v) is 19.1. The van der Waals surface area contributed by atoms with Gasteiger partial charge in [-0.25, -0.2) is 9.78 Å². The fraction of sp³-hybridized carbons (Fsp3) is 0.159. The topological polar surface area (TPSA) is 112 Å². The molecule has 57 heavy (non-hydrogen) atoms. The molecule has 13 heteroatoms. The summed E-state index contributed by atoms with van der Waals surface area (Å²) in [6.07, 6.45) is -3.47. The monoisotopic (exact) mass is 830 g/mol. The fourth-order valence-corrected chi connectivity index (χ4v) is 8.01. The van der Waals surface area contributed by atoms with E-state index in [2.05, 4.69) is 26.0 Å². The van der Waals surface area contributed by atoms with Crippen LogP contribution in [0.2, 0.25) is 0 Å². The van der Waals surface area contributed by atoms with E-state index in [4.69, 9.17) is 14.7 Å². The number of aromatic nitrogens is 6. The average molecular weight is 832 g/mol. The van der Waals surface area contributed by atoms with E-state index in [9.17, 15) is 23.1 Å². The molecule has 8 rings (SSSR count). The van der Waals surface area contributed by atoms with Crippen molar-refractivity contribution in [3.05, 3.63) is 177 Å². The summed E-state index contributed by atoms with van der Waals surface area (Å²) in [4.78, 5) is 17.6. The Labute approximate surface area is 333 Å². The normalized spacial score (nSPS) is 12.0. The van der Waals surface area contributed by atoms with Gasteiger partial charge < -0.3 is 14.1 Å². The maximum atomic E-state index is 14.0. The highest BCUT2D eigenvalue weighted by Crippen LogP contribution is 2.43. The van der Waals surface area contributed by atoms with Gasteiger partial charge in [0.2, 0.25) is 5.82 Å². The number of halogens is 4. The Hall–Kier alpha value is -6.34. The van der Waals surface area contributed by atoms with Crippen molar-refractivity contribution in [2.75, 3.05) is 0 Å². The second-order valence-corrected chi connectivity index (χ2v) is 14.3. The Bertz CT molecular complexity index is 2600. The number of nitrogens with zero attached hydrogens (tertiary/aromatic N) is 6. The van der Waals surface area contributed by atoms with Gasteiger partial charge in [-0.05, 0) is 62.0 Å². The third kappa shape index (κ3) is 6.81. The van der Waals surface area contributed by atoms with Crippen molar-refractivity contribution < 1.29 is 27.5 Å². The Kier molecular flexibility index (Phi) is 10.1. The average Bonchev–Trinajstić information content (AvgIpc) is 3.95. The highest BCUT2D eigenvalue weighted by atomic mass is 79.9. The molecule has 0 spiro atoms. The number of rotatable bonds is 12. The molecular formula is C44H34BrF3N6O3. The summed E-state index contributed by atoms with van der Waals surface area (Å²) in [5.74, 6) is -0.793. The minimum absolute atomic E-state index is 0.0684. The van der Waals surface area contributed by atoms with Gasteiger partial charge >= 0.3 is 12.1 Å². The molecule has 8 aromatic rings. The number of aryl methyl sites for hydroxylation is 1. The number of hydrogen-bond acceptors (Lipinski definition) is 6. The first-order valence-electron chi connectivity index (χ1n) is 18.3. The zero-order valence-corrected chi connectivity index (χ0v) is 32.1. The standard InChI is InChI=1S/C44H34BrF3N6O3/c1-2-3-23-36-49-40(44(46,47)48)38(42(55)56)53(36)27-28-24-25-35-34(26-28)37(45)39(57-35)32-21-13-14-22-33(32)41-50-52-54(51-41)43(29-15-7-4-8-16-29,30-17-9-5-10-18-30)31-19-11-6-12-20-31/h4-22,24-26H,2-3,23,27H2,1H3,(H,55,56). The Morgan fingerprint density at radius 2 is 1.39 bits per heavy atom. The number of hydrogen-bond donors (Lipinski definition) is 1. The van der Waals surface area contributed by atoms with E-state index >= 15 is 0 Å². The summed E-state index contributed by atoms with van der Waals surface area (Å²) in [6, 6.07) is 42.8. The maximum Gasteiger partial charge on any atom is 0.435 e. The van der Waals surface area contributed by atoms with Crippen LogP contribution in [-0.2, 0) is 24.7 Å². The second-order valence-electron chi connectivity index (χ2n) is 13.6. The van der Waals surface area contributed by atoms with Crippen LogP contribution in [0.15, 0.2) is 142 Å². The lowest BCUT2D eigenvalue weighted by Gasteiger charge is -2.34. The summed E-state index contributed by atoms with van der Waals surface area (Å²) in [7, 11) is 0. The number of benzene rings is 5. The number of carboxylic acids is 1. The zero-order chi connectivity index (χ0) is 39.7. The quantitative estimate of drug-likeness (QED) is 0.122. The van der Waals surface area contributed by atoms with E-state index in [-0.39, 0.29) is 18.8 Å². The molecule has 1 N–H and O–H groups in total. The van der Waals surface area contributed by atoms with Crippen LogP contribution in [0.3, 0.4) is 0 Å². The van der Waals surface area contributed by atoms with Crippen molar-refractivity contribution in [2.24, 2.45) is 0 Å². The van der Waals surface area contributed by atoms with Crippen molar-refractivity contribution in [2.45, 2.75) is 44.4 Å². The lowest BCUT2D eigenvalue weighted by molar-refractivity contribution is -0.141. The summed E-state index contributed by atoms with van der Waals surface area (Å²) < 4.78 is 50.1. The molecule has 0 radical (unpaired) electrons. The SMILES string of the molecule is CCCCc1nc(C(F)(F)F)c(C(=O)O)n1Cc1ccc2oc(-c3ccccc3-c3nnn(C(c4ccccc4)(c4ccccc4)c4ccccc4)n3)c(Br)c2c1. The molecule has 3 heterocycles. The van der Waals surface area contributed by atoms with Crippen LogP contribution in [0.1, 0.15) is 64.0 Å². The summed E-state index contributed by atoms with van der Waals surface area (Å²) in [5, 5.41) is 25.0. The minimum Gasteiger partial charge on any atom is -0.477 e. The number of carbonyl (C=O) groups is 1. The van der Waals surface area contributed by atoms with E-state index in [0.717, 1.165) is 21.3 Å². The van der Waals surface area contributed by atoms with E-state index in [1.807, 2.05) is 122 Å². The van der Waals surface area contributed by atoms with Gasteiger partial charge in [0.1, 0.15) is 17.2 Å². The van der Waals surface area contributed by atoms with E-state index in [1.165, 1.54) is 0 Å². The minimum atomic E-state index is -4.92. The molecule has 0 saturated heterocycles. The number of fused-ring (bicyclic) bond motifs is 1. The van der Waals surface area contributed by atoms with Crippen LogP contribution in [-0.4, -0.2) is 40.8 Å². The maximum absolute atomic E-state index is 14.0.